The van der Waals surface area contributed by atoms with Crippen LogP contribution in [0.4, 0.5) is 5.69 Å². The monoisotopic (exact) mass is 383 g/mol. The number of methoxy groups -OCH3 is 1. The normalized spacial score (nSPS) is 15.6. The molecule has 5 heteroatoms. The van der Waals surface area contributed by atoms with Crippen molar-refractivity contribution in [3.63, 3.8) is 0 Å². The molecule has 1 atom stereocenters. The van der Waals surface area contributed by atoms with Crippen molar-refractivity contribution in [3.8, 4) is 5.75 Å². The second kappa shape index (κ2) is 7.61. The van der Waals surface area contributed by atoms with Crippen LogP contribution in [0.15, 0.2) is 30.3 Å². The summed E-state index contributed by atoms with van der Waals surface area (Å²) in [5.74, 6) is 1.60. The van der Waals surface area contributed by atoms with Crippen molar-refractivity contribution in [3.05, 3.63) is 41.7 Å². The average molecular weight is 384 g/mol. The number of benzene rings is 1. The van der Waals surface area contributed by atoms with E-state index in [4.69, 9.17) is 9.84 Å². The lowest BCUT2D eigenvalue weighted by Crippen LogP contribution is -2.40. The Hall–Kier alpha value is -2.30. The van der Waals surface area contributed by atoms with Gasteiger partial charge in [-0.05, 0) is 82.7 Å². The molecule has 0 aliphatic heterocycles. The Morgan fingerprint density at radius 2 is 1.79 bits per heavy atom. The Morgan fingerprint density at radius 3 is 2.21 bits per heavy atom. The molecular formula is C23H33N3O2. The Balaban J connectivity index is 2.01. The lowest BCUT2D eigenvalue weighted by Gasteiger charge is -2.29. The second-order valence-electron chi connectivity index (χ2n) is 9.14. The van der Waals surface area contributed by atoms with Crippen LogP contribution in [0.3, 0.4) is 0 Å². The predicted molar refractivity (Wildman–Crippen MR) is 113 cm³/mol. The van der Waals surface area contributed by atoms with Gasteiger partial charge in [-0.25, -0.2) is 0 Å². The first-order chi connectivity index (χ1) is 13.1. The van der Waals surface area contributed by atoms with Crippen molar-refractivity contribution in [1.82, 2.24) is 9.78 Å². The summed E-state index contributed by atoms with van der Waals surface area (Å²) in [6, 6.07) is 9.84. The van der Waals surface area contributed by atoms with Crippen LogP contribution in [0.2, 0.25) is 0 Å². The maximum atomic E-state index is 13.6. The first-order valence-electron chi connectivity index (χ1n) is 10.2. The van der Waals surface area contributed by atoms with E-state index >= 15 is 0 Å². The summed E-state index contributed by atoms with van der Waals surface area (Å²) in [6.45, 7) is 12.8. The van der Waals surface area contributed by atoms with Gasteiger partial charge in [0.1, 0.15) is 5.75 Å². The smallest absolute Gasteiger partial charge is 0.279 e. The standard InChI is InChI=1S/C23H33N3O2/c1-15(2)21-14-20(24-26(21)23(4,5)6)22(27)25(16(3)17-8-9-17)18-10-12-19(28-7)13-11-18/h10-17H,8-9H2,1-7H3. The van der Waals surface area contributed by atoms with Crippen LogP contribution in [0.5, 0.6) is 5.75 Å². The number of ether oxygens (including phenoxy) is 1. The van der Waals surface area contributed by atoms with Gasteiger partial charge in [0.05, 0.1) is 12.6 Å². The highest BCUT2D eigenvalue weighted by atomic mass is 16.5. The van der Waals surface area contributed by atoms with Gasteiger partial charge in [0.2, 0.25) is 0 Å². The highest BCUT2D eigenvalue weighted by Crippen LogP contribution is 2.38. The van der Waals surface area contributed by atoms with E-state index in [1.165, 1.54) is 12.8 Å². The fourth-order valence-corrected chi connectivity index (χ4v) is 3.64. The van der Waals surface area contributed by atoms with Crippen molar-refractivity contribution in [1.29, 1.82) is 0 Å². The van der Waals surface area contributed by atoms with E-state index in [2.05, 4.69) is 41.5 Å². The fourth-order valence-electron chi connectivity index (χ4n) is 3.64. The van der Waals surface area contributed by atoms with E-state index < -0.39 is 0 Å². The van der Waals surface area contributed by atoms with E-state index in [9.17, 15) is 4.79 Å². The third-order valence-electron chi connectivity index (χ3n) is 5.46. The number of nitrogens with zero attached hydrogens (tertiary/aromatic N) is 3. The van der Waals surface area contributed by atoms with Crippen molar-refractivity contribution < 1.29 is 9.53 Å². The molecule has 0 bridgehead atoms. The summed E-state index contributed by atoms with van der Waals surface area (Å²) >= 11 is 0. The van der Waals surface area contributed by atoms with E-state index in [0.29, 0.717) is 17.5 Å². The minimum atomic E-state index is -0.175. The Kier molecular flexibility index (Phi) is 5.55. The zero-order chi connectivity index (χ0) is 20.6. The Morgan fingerprint density at radius 1 is 1.18 bits per heavy atom. The highest BCUT2D eigenvalue weighted by Gasteiger charge is 2.37. The lowest BCUT2D eigenvalue weighted by molar-refractivity contribution is 0.0969. The molecule has 0 saturated heterocycles. The summed E-state index contributed by atoms with van der Waals surface area (Å²) in [6.07, 6.45) is 2.35. The van der Waals surface area contributed by atoms with Crippen LogP contribution >= 0.6 is 0 Å². The molecule has 0 radical (unpaired) electrons. The molecule has 1 saturated carbocycles. The van der Waals surface area contributed by atoms with E-state index in [-0.39, 0.29) is 17.5 Å². The topological polar surface area (TPSA) is 47.4 Å². The highest BCUT2D eigenvalue weighted by molar-refractivity contribution is 6.05. The van der Waals surface area contributed by atoms with Gasteiger partial charge in [0, 0.05) is 17.4 Å². The predicted octanol–water partition coefficient (Wildman–Crippen LogP) is 5.22. The number of rotatable bonds is 6. The van der Waals surface area contributed by atoms with Gasteiger partial charge < -0.3 is 9.64 Å². The van der Waals surface area contributed by atoms with Crippen molar-refractivity contribution in [2.45, 2.75) is 71.9 Å². The number of anilines is 1. The molecule has 152 valence electrons. The van der Waals surface area contributed by atoms with Crippen molar-refractivity contribution in [2.24, 2.45) is 5.92 Å². The van der Waals surface area contributed by atoms with Gasteiger partial charge in [-0.2, -0.15) is 5.10 Å². The minimum absolute atomic E-state index is 0.0329. The third kappa shape index (κ3) is 4.08. The average Bonchev–Trinajstić information content (AvgIpc) is 3.38. The molecule has 1 aliphatic carbocycles. The van der Waals surface area contributed by atoms with Crippen molar-refractivity contribution >= 4 is 11.6 Å². The molecule has 1 fully saturated rings. The van der Waals surface area contributed by atoms with E-state index in [1.807, 2.05) is 39.9 Å². The quantitative estimate of drug-likeness (QED) is 0.687. The maximum Gasteiger partial charge on any atom is 0.279 e. The number of carbonyl (C=O) groups excluding carboxylic acids is 1. The van der Waals surface area contributed by atoms with Crippen LogP contribution in [-0.2, 0) is 5.54 Å². The number of hydrogen-bond acceptors (Lipinski definition) is 3. The summed E-state index contributed by atoms with van der Waals surface area (Å²) in [7, 11) is 1.65. The Labute approximate surface area is 168 Å². The first kappa shape index (κ1) is 20.4. The largest absolute Gasteiger partial charge is 0.497 e. The molecule has 0 spiro atoms. The molecule has 1 unspecified atom stereocenters. The molecule has 3 rings (SSSR count). The SMILES string of the molecule is COc1ccc(N(C(=O)c2cc(C(C)C)n(C(C)(C)C)n2)C(C)C2CC2)cc1. The zero-order valence-electron chi connectivity index (χ0n) is 18.2. The molecule has 2 aromatic rings. The van der Waals surface area contributed by atoms with Crippen LogP contribution in [0, 0.1) is 5.92 Å². The maximum absolute atomic E-state index is 13.6. The van der Waals surface area contributed by atoms with Gasteiger partial charge in [-0.3, -0.25) is 9.48 Å². The summed E-state index contributed by atoms with van der Waals surface area (Å²) in [4.78, 5) is 15.5. The van der Waals surface area contributed by atoms with Gasteiger partial charge in [-0.15, -0.1) is 0 Å². The summed E-state index contributed by atoms with van der Waals surface area (Å²) < 4.78 is 7.28. The number of hydrogen-bond donors (Lipinski definition) is 0. The molecule has 28 heavy (non-hydrogen) atoms. The molecule has 1 aromatic heterocycles. The zero-order valence-corrected chi connectivity index (χ0v) is 18.2. The third-order valence-corrected chi connectivity index (χ3v) is 5.46. The Bertz CT molecular complexity index is 827. The van der Waals surface area contributed by atoms with Gasteiger partial charge in [0.25, 0.3) is 5.91 Å². The van der Waals surface area contributed by atoms with E-state index in [1.54, 1.807) is 7.11 Å². The fraction of sp³-hybridized carbons (Fsp3) is 0.565. The lowest BCUT2D eigenvalue weighted by atomic mass is 10.1. The van der Waals surface area contributed by atoms with Crippen LogP contribution in [0.1, 0.15) is 76.5 Å². The molecule has 1 amide bonds. The van der Waals surface area contributed by atoms with Gasteiger partial charge in [0.15, 0.2) is 5.69 Å². The van der Waals surface area contributed by atoms with E-state index in [0.717, 1.165) is 17.1 Å². The molecule has 1 aromatic carbocycles. The van der Waals surface area contributed by atoms with Crippen molar-refractivity contribution in [2.75, 3.05) is 12.0 Å². The number of aromatic nitrogens is 2. The molecule has 1 heterocycles. The second-order valence-corrected chi connectivity index (χ2v) is 9.14. The number of amides is 1. The minimum Gasteiger partial charge on any atom is -0.497 e. The summed E-state index contributed by atoms with van der Waals surface area (Å²) in [5, 5.41) is 4.75. The summed E-state index contributed by atoms with van der Waals surface area (Å²) in [5.41, 5.74) is 2.32. The number of carbonyl (C=O) groups is 1. The molecule has 1 aliphatic rings. The van der Waals surface area contributed by atoms with Gasteiger partial charge in [-0.1, -0.05) is 13.8 Å². The van der Waals surface area contributed by atoms with Crippen LogP contribution < -0.4 is 9.64 Å². The molecular weight excluding hydrogens is 350 g/mol. The molecule has 0 N–H and O–H groups in total. The molecule has 5 nitrogen and oxygen atoms in total. The first-order valence-corrected chi connectivity index (χ1v) is 10.2. The van der Waals surface area contributed by atoms with Crippen LogP contribution in [0.25, 0.3) is 0 Å². The van der Waals surface area contributed by atoms with Crippen LogP contribution in [-0.4, -0.2) is 28.8 Å². The van der Waals surface area contributed by atoms with Gasteiger partial charge >= 0.3 is 0 Å².